The Labute approximate surface area is 371 Å². The van der Waals surface area contributed by atoms with E-state index in [4.69, 9.17) is 20.3 Å². The molecule has 0 saturated carbocycles. The number of nitro benzene ring substituents is 2. The Morgan fingerprint density at radius 2 is 1.00 bits per heavy atom. The van der Waals surface area contributed by atoms with Crippen molar-refractivity contribution in [3.63, 3.8) is 0 Å². The highest BCUT2D eigenvalue weighted by atomic mass is 19.1. The van der Waals surface area contributed by atoms with Crippen LogP contribution in [0.15, 0.2) is 123 Å². The van der Waals surface area contributed by atoms with Gasteiger partial charge in [-0.1, -0.05) is 18.2 Å². The van der Waals surface area contributed by atoms with Crippen molar-refractivity contribution >= 4 is 36.1 Å². The van der Waals surface area contributed by atoms with Gasteiger partial charge in [0.2, 0.25) is 11.6 Å². The van der Waals surface area contributed by atoms with E-state index in [9.17, 15) is 37.8 Å². The molecule has 6 atom stereocenters. The minimum absolute atomic E-state index is 0.0341. The van der Waals surface area contributed by atoms with Gasteiger partial charge in [-0.25, -0.2) is 8.78 Å². The van der Waals surface area contributed by atoms with Gasteiger partial charge in [-0.2, -0.15) is 8.78 Å². The molecule has 9 rings (SSSR count). The lowest BCUT2D eigenvalue weighted by atomic mass is 10.0. The van der Waals surface area contributed by atoms with Crippen LogP contribution in [0.4, 0.5) is 34.6 Å². The fourth-order valence-electron chi connectivity index (χ4n) is 7.08. The van der Waals surface area contributed by atoms with Crippen molar-refractivity contribution in [3.05, 3.63) is 169 Å². The summed E-state index contributed by atoms with van der Waals surface area (Å²) in [6.07, 6.45) is 22.3. The van der Waals surface area contributed by atoms with Crippen LogP contribution in [0.5, 0.6) is 11.5 Å². The van der Waals surface area contributed by atoms with E-state index in [1.807, 2.05) is 78.6 Å². The molecule has 0 bridgehead atoms. The molecule has 0 spiro atoms. The number of nitrogens with zero attached hydrogens (tertiary/aromatic N) is 8. The molecule has 3 heterocycles. The molecule has 6 aliphatic rings. The van der Waals surface area contributed by atoms with Crippen LogP contribution >= 0.6 is 0 Å². The van der Waals surface area contributed by atoms with Crippen molar-refractivity contribution < 1.29 is 42.0 Å². The molecule has 340 valence electrons. The maximum atomic E-state index is 13.9. The van der Waals surface area contributed by atoms with Gasteiger partial charge in [0.05, 0.1) is 70.8 Å². The Balaban J connectivity index is 0.000000150. The first kappa shape index (κ1) is 46.7. The monoisotopic (exact) mass is 899 g/mol. The van der Waals surface area contributed by atoms with E-state index in [-0.39, 0.29) is 52.8 Å². The molecule has 0 radical (unpaired) electrons. The summed E-state index contributed by atoms with van der Waals surface area (Å²) in [7, 11) is 5.90. The number of aliphatic hydroxyl groups excluding tert-OH is 1. The van der Waals surface area contributed by atoms with Crippen molar-refractivity contribution in [2.45, 2.75) is 57.0 Å². The lowest BCUT2D eigenvalue weighted by Crippen LogP contribution is -2.32. The van der Waals surface area contributed by atoms with Gasteiger partial charge in [0.1, 0.15) is 34.6 Å². The highest BCUT2D eigenvalue weighted by Gasteiger charge is 2.30. The van der Waals surface area contributed by atoms with E-state index in [0.717, 1.165) is 25.1 Å². The van der Waals surface area contributed by atoms with Crippen molar-refractivity contribution in [1.82, 2.24) is 14.7 Å². The third kappa shape index (κ3) is 10.5. The summed E-state index contributed by atoms with van der Waals surface area (Å²) in [6.45, 7) is 4.26. The van der Waals surface area contributed by atoms with Gasteiger partial charge in [0.25, 0.3) is 0 Å². The number of fused-ring (bicyclic) bond motifs is 3. The maximum absolute atomic E-state index is 13.9. The number of nitrogens with two attached hydrogens (primary N) is 1. The van der Waals surface area contributed by atoms with Crippen molar-refractivity contribution in [2.75, 3.05) is 26.9 Å². The van der Waals surface area contributed by atoms with Gasteiger partial charge in [-0.3, -0.25) is 35.2 Å². The number of aliphatic hydroxyl groups is 1. The van der Waals surface area contributed by atoms with Gasteiger partial charge >= 0.3 is 11.4 Å². The van der Waals surface area contributed by atoms with E-state index in [1.165, 1.54) is 19.1 Å². The average Bonchev–Trinajstić information content (AvgIpc) is 3.96. The third-order valence-electron chi connectivity index (χ3n) is 10.9. The molecule has 65 heavy (non-hydrogen) atoms. The molecule has 3 aliphatic carbocycles. The molecular formula is C45H45F4N9O7. The van der Waals surface area contributed by atoms with Crippen LogP contribution in [0.25, 0.3) is 0 Å². The Bertz CT molecular complexity index is 2650. The van der Waals surface area contributed by atoms with Crippen LogP contribution in [0, 0.1) is 64.3 Å². The zero-order chi connectivity index (χ0) is 47.3. The predicted molar refractivity (Wildman–Crippen MR) is 238 cm³/mol. The van der Waals surface area contributed by atoms with E-state index < -0.39 is 44.5 Å². The molecule has 6 unspecified atom stereocenters. The Morgan fingerprint density at radius 3 is 1.48 bits per heavy atom. The van der Waals surface area contributed by atoms with Crippen molar-refractivity contribution in [2.24, 2.45) is 15.0 Å². The minimum atomic E-state index is -1.11. The van der Waals surface area contributed by atoms with E-state index in [2.05, 4.69) is 15.0 Å². The highest BCUT2D eigenvalue weighted by Crippen LogP contribution is 2.32. The number of likely N-dealkylation sites (N-methyl/N-ethyl adjacent to an activating group) is 3. The Kier molecular flexibility index (Phi) is 14.2. The Hall–Kier alpha value is -7.77. The molecule has 3 aliphatic heterocycles. The number of hydrogen-bond acceptors (Lipinski definition) is 14. The van der Waals surface area contributed by atoms with Crippen molar-refractivity contribution in [3.8, 4) is 11.5 Å². The fourth-order valence-corrected chi connectivity index (χ4v) is 7.08. The van der Waals surface area contributed by atoms with Gasteiger partial charge in [-0.05, 0) is 81.5 Å². The summed E-state index contributed by atoms with van der Waals surface area (Å²) in [5.74, 6) is -0.930. The number of halogens is 4. The summed E-state index contributed by atoms with van der Waals surface area (Å²) < 4.78 is 64.5. The number of nitro groups is 2. The van der Waals surface area contributed by atoms with Gasteiger partial charge in [0.15, 0.2) is 5.82 Å². The number of hydrogen-bond donors (Lipinski definition) is 2. The molecule has 0 fully saturated rings. The van der Waals surface area contributed by atoms with Crippen molar-refractivity contribution in [1.29, 1.82) is 0 Å². The second-order valence-corrected chi connectivity index (χ2v) is 15.4. The van der Waals surface area contributed by atoms with Crippen LogP contribution in [-0.4, -0.2) is 106 Å². The number of rotatable bonds is 6. The zero-order valence-electron chi connectivity index (χ0n) is 35.9. The zero-order valence-corrected chi connectivity index (χ0v) is 35.9. The van der Waals surface area contributed by atoms with Crippen LogP contribution in [0.2, 0.25) is 0 Å². The molecule has 3 N–H and O–H groups in total. The highest BCUT2D eigenvalue weighted by molar-refractivity contribution is 5.62. The smallest absolute Gasteiger partial charge is 0.305 e. The number of nitrogen functional groups attached to an aromatic ring is 1. The molecule has 0 saturated heterocycles. The van der Waals surface area contributed by atoms with Gasteiger partial charge in [-0.15, -0.1) is 0 Å². The van der Waals surface area contributed by atoms with E-state index in [0.29, 0.717) is 34.6 Å². The molecule has 0 aromatic heterocycles. The first-order valence-electron chi connectivity index (χ1n) is 19.9. The normalized spacial score (nSPS) is 22.5. The summed E-state index contributed by atoms with van der Waals surface area (Å²) >= 11 is 0. The average molecular weight is 900 g/mol. The first-order chi connectivity index (χ1) is 30.8. The number of benzene rings is 3. The van der Waals surface area contributed by atoms with Crippen LogP contribution in [-0.2, 0) is 0 Å². The third-order valence-corrected chi connectivity index (χ3v) is 10.9. The van der Waals surface area contributed by atoms with Crippen LogP contribution < -0.4 is 15.2 Å². The molecule has 3 aromatic rings. The summed E-state index contributed by atoms with van der Waals surface area (Å²) in [6, 6.07) is 8.23. The summed E-state index contributed by atoms with van der Waals surface area (Å²) in [5, 5.41) is 30.0. The van der Waals surface area contributed by atoms with E-state index >= 15 is 0 Å². The molecule has 0 amide bonds. The number of aliphatic imine (C=N–C) groups is 3. The summed E-state index contributed by atoms with van der Waals surface area (Å²) in [5.41, 5.74) is 4.59. The standard InChI is InChI=1S/C15H14FN3O3.C15H16FN3O.C8H10N2O.C7H5F2NO2/c1-9-14(6-5-13(15(9)16)19(20)21)22-10-3-4-12-11(7-10)17-8-18(12)2;1-9-14(6-4-11(17)15(9)16)20-10-3-5-13-12(7-10)18-8-19(13)2;1-10-5-9-7-4-6(11)2-3-8(7)10;1-4-5(8)2-3-6(7(4)9)10(11)12/h3-8,11-12H,1-2H3;3-8,12-13H,17H2,1-2H3;2-5,7-8,11H,1H3;2-3H,1H3. The SMILES string of the molecule is CN1C=NC2C=C(O)C=CC21.Cc1c(F)ccc([N+](=O)[O-])c1F.Cc1c(OC2=CC3N=CN(C)C3C=C2)ccc(N)c1F.Cc1c(OC2=CC3N=CN(C)C3C=C2)ccc([N+](=O)[O-])c1F. The first-order valence-corrected chi connectivity index (χ1v) is 19.9. The molecule has 16 nitrogen and oxygen atoms in total. The Morgan fingerprint density at radius 1 is 0.600 bits per heavy atom. The van der Waals surface area contributed by atoms with Crippen LogP contribution in [0.1, 0.15) is 16.7 Å². The quantitative estimate of drug-likeness (QED) is 0.106. The van der Waals surface area contributed by atoms with Gasteiger partial charge < -0.3 is 35.0 Å². The topological polar surface area (TPSA) is 198 Å². The largest absolute Gasteiger partial charge is 0.508 e. The second kappa shape index (κ2) is 19.7. The molecular weight excluding hydrogens is 855 g/mol. The lowest BCUT2D eigenvalue weighted by Gasteiger charge is -2.23. The maximum Gasteiger partial charge on any atom is 0.305 e. The van der Waals surface area contributed by atoms with Crippen LogP contribution in [0.3, 0.4) is 0 Å². The fraction of sp³-hybridized carbons (Fsp3) is 0.267. The number of allylic oxidation sites excluding steroid dienone is 3. The lowest BCUT2D eigenvalue weighted by molar-refractivity contribution is -0.387. The number of anilines is 1. The molecule has 3 aromatic carbocycles. The van der Waals surface area contributed by atoms with Gasteiger partial charge in [0, 0.05) is 50.0 Å². The minimum Gasteiger partial charge on any atom is -0.508 e. The number of ether oxygens (including phenoxy) is 2. The second-order valence-electron chi connectivity index (χ2n) is 15.4. The van der Waals surface area contributed by atoms with E-state index in [1.54, 1.807) is 43.9 Å². The summed E-state index contributed by atoms with van der Waals surface area (Å²) in [4.78, 5) is 38.2. The predicted octanol–water partition coefficient (Wildman–Crippen LogP) is 7.74. The molecule has 20 heteroatoms.